The molecule has 0 aliphatic heterocycles. The van der Waals surface area contributed by atoms with Crippen molar-refractivity contribution in [1.82, 2.24) is 0 Å². The van der Waals surface area contributed by atoms with Crippen molar-refractivity contribution in [3.05, 3.63) is 134 Å². The van der Waals surface area contributed by atoms with Crippen LogP contribution in [-0.4, -0.2) is 23.9 Å². The highest BCUT2D eigenvalue weighted by atomic mass is 16.6. The monoisotopic (exact) mass is 642 g/mol. The molecule has 0 atom stereocenters. The molecule has 48 heavy (non-hydrogen) atoms. The molecule has 4 aromatic rings. The summed E-state index contributed by atoms with van der Waals surface area (Å²) in [5, 5.41) is 0. The largest absolute Gasteiger partial charge is 0.423 e. The Bertz CT molecular complexity index is 1980. The summed E-state index contributed by atoms with van der Waals surface area (Å²) in [6.07, 6.45) is 0. The van der Waals surface area contributed by atoms with Gasteiger partial charge in [0.15, 0.2) is 11.5 Å². The van der Waals surface area contributed by atoms with E-state index in [9.17, 15) is 19.2 Å². The number of ether oxygens (including phenoxy) is 4. The van der Waals surface area contributed by atoms with E-state index in [0.29, 0.717) is 5.56 Å². The molecule has 0 fully saturated rings. The van der Waals surface area contributed by atoms with Gasteiger partial charge in [0.1, 0.15) is 11.5 Å². The Kier molecular flexibility index (Phi) is 10.7. The normalized spacial score (nSPS) is 10.3. The van der Waals surface area contributed by atoms with Crippen LogP contribution in [0.2, 0.25) is 0 Å². The number of hydrogen-bond donors (Lipinski definition) is 0. The first-order valence-electron chi connectivity index (χ1n) is 14.7. The number of carbonyl (C=O) groups excluding carboxylic acids is 4. The maximum absolute atomic E-state index is 12.4. The Morgan fingerprint density at radius 2 is 0.771 bits per heavy atom. The molecule has 4 rings (SSSR count). The van der Waals surface area contributed by atoms with Gasteiger partial charge in [0.25, 0.3) is 0 Å². The quantitative estimate of drug-likeness (QED) is 0.0910. The van der Waals surface area contributed by atoms with Crippen LogP contribution in [0.4, 0.5) is 0 Å². The van der Waals surface area contributed by atoms with E-state index < -0.39 is 23.9 Å². The van der Waals surface area contributed by atoms with Crippen molar-refractivity contribution < 1.29 is 38.1 Å². The highest BCUT2D eigenvalue weighted by Gasteiger charge is 2.18. The summed E-state index contributed by atoms with van der Waals surface area (Å²) < 4.78 is 21.7. The second-order valence-electron chi connectivity index (χ2n) is 11.2. The molecular weight excluding hydrogens is 608 g/mol. The zero-order chi connectivity index (χ0) is 35.1. The van der Waals surface area contributed by atoms with Crippen LogP contribution in [0.25, 0.3) is 33.4 Å². The van der Waals surface area contributed by atoms with E-state index >= 15 is 0 Å². The van der Waals surface area contributed by atoms with Crippen LogP contribution in [0.3, 0.4) is 0 Å². The van der Waals surface area contributed by atoms with Crippen LogP contribution < -0.4 is 18.9 Å². The lowest BCUT2D eigenvalue weighted by atomic mass is 9.97. The fourth-order valence-corrected chi connectivity index (χ4v) is 4.19. The van der Waals surface area contributed by atoms with E-state index in [4.69, 9.17) is 18.9 Å². The third-order valence-corrected chi connectivity index (χ3v) is 6.86. The van der Waals surface area contributed by atoms with Gasteiger partial charge < -0.3 is 18.9 Å². The predicted octanol–water partition coefficient (Wildman–Crippen LogP) is 8.61. The Labute approximate surface area is 279 Å². The number of benzene rings is 4. The standard InChI is InChI=1S/C40H34O8/c1-23(2)37(41)45-32-18-19-33(35(22-32)47-39(43)25(5)6)30-15-13-28(14-16-30)27-9-11-29(12-10-27)31-17-20-34(46-38(42)24(3)4)36(21-31)48-40(44)26(7)8/h9-22H,1,3,5,7H2,2,4,6,8H3. The topological polar surface area (TPSA) is 105 Å². The number of esters is 4. The molecule has 0 aliphatic carbocycles. The lowest BCUT2D eigenvalue weighted by Crippen LogP contribution is -2.12. The van der Waals surface area contributed by atoms with Crippen LogP contribution in [-0.2, 0) is 19.2 Å². The van der Waals surface area contributed by atoms with Gasteiger partial charge >= 0.3 is 23.9 Å². The molecule has 0 radical (unpaired) electrons. The van der Waals surface area contributed by atoms with Gasteiger partial charge in [-0.25, -0.2) is 19.2 Å². The van der Waals surface area contributed by atoms with Gasteiger partial charge in [-0.2, -0.15) is 0 Å². The van der Waals surface area contributed by atoms with Crippen LogP contribution in [0.5, 0.6) is 23.0 Å². The molecule has 8 nitrogen and oxygen atoms in total. The van der Waals surface area contributed by atoms with E-state index in [2.05, 4.69) is 26.3 Å². The summed E-state index contributed by atoms with van der Waals surface area (Å²) in [5.74, 6) is -1.93. The van der Waals surface area contributed by atoms with E-state index in [1.165, 1.54) is 26.8 Å². The van der Waals surface area contributed by atoms with Gasteiger partial charge in [0.2, 0.25) is 0 Å². The van der Waals surface area contributed by atoms with Crippen molar-refractivity contribution in [3.63, 3.8) is 0 Å². The molecule has 0 aromatic heterocycles. The Balaban J connectivity index is 1.61. The van der Waals surface area contributed by atoms with Crippen molar-refractivity contribution in [2.75, 3.05) is 0 Å². The average Bonchev–Trinajstić information content (AvgIpc) is 3.05. The first-order chi connectivity index (χ1) is 22.7. The molecule has 0 unspecified atom stereocenters. The van der Waals surface area contributed by atoms with E-state index in [0.717, 1.165) is 27.8 Å². The average molecular weight is 643 g/mol. The van der Waals surface area contributed by atoms with Crippen LogP contribution in [0, 0.1) is 0 Å². The summed E-state index contributed by atoms with van der Waals surface area (Å²) >= 11 is 0. The van der Waals surface area contributed by atoms with Crippen LogP contribution in [0.1, 0.15) is 27.7 Å². The second kappa shape index (κ2) is 14.9. The van der Waals surface area contributed by atoms with Crippen molar-refractivity contribution in [1.29, 1.82) is 0 Å². The van der Waals surface area contributed by atoms with E-state index in [-0.39, 0.29) is 45.3 Å². The number of hydrogen-bond acceptors (Lipinski definition) is 8. The van der Waals surface area contributed by atoms with Gasteiger partial charge in [-0.15, -0.1) is 0 Å². The Hall–Kier alpha value is -6.28. The van der Waals surface area contributed by atoms with Crippen molar-refractivity contribution in [2.45, 2.75) is 27.7 Å². The van der Waals surface area contributed by atoms with Gasteiger partial charge in [-0.05, 0) is 79.8 Å². The Morgan fingerprint density at radius 3 is 1.25 bits per heavy atom. The molecule has 0 spiro atoms. The third kappa shape index (κ3) is 8.50. The highest BCUT2D eigenvalue weighted by Crippen LogP contribution is 2.37. The molecule has 8 heteroatoms. The minimum atomic E-state index is -0.651. The first kappa shape index (κ1) is 34.6. The summed E-state index contributed by atoms with van der Waals surface area (Å²) in [5.41, 5.74) is 5.64. The molecule has 0 bridgehead atoms. The summed E-state index contributed by atoms with van der Waals surface area (Å²) in [6, 6.07) is 25.1. The molecule has 0 N–H and O–H groups in total. The summed E-state index contributed by atoms with van der Waals surface area (Å²) in [4.78, 5) is 48.9. The molecular formula is C40H34O8. The molecule has 4 aromatic carbocycles. The first-order valence-corrected chi connectivity index (χ1v) is 14.7. The molecule has 0 heterocycles. The second-order valence-corrected chi connectivity index (χ2v) is 11.2. The van der Waals surface area contributed by atoms with Gasteiger partial charge in [-0.3, -0.25) is 0 Å². The SMILES string of the molecule is C=C(C)C(=O)Oc1ccc(-c2ccc(-c3ccc(-c4ccc(OC(=O)C(=C)C)c(OC(=O)C(=C)C)c4)cc3)cc2)c(OC(=O)C(=C)C)c1. The molecule has 0 saturated carbocycles. The van der Waals surface area contributed by atoms with E-state index in [1.807, 2.05) is 48.5 Å². The number of rotatable bonds is 11. The summed E-state index contributed by atoms with van der Waals surface area (Å²) in [7, 11) is 0. The van der Waals surface area contributed by atoms with Crippen LogP contribution >= 0.6 is 0 Å². The third-order valence-electron chi connectivity index (χ3n) is 6.86. The lowest BCUT2D eigenvalue weighted by molar-refractivity contribution is -0.132. The van der Waals surface area contributed by atoms with Crippen molar-refractivity contribution in [3.8, 4) is 56.4 Å². The predicted molar refractivity (Wildman–Crippen MR) is 185 cm³/mol. The minimum absolute atomic E-state index is 0.0741. The maximum atomic E-state index is 12.4. The minimum Gasteiger partial charge on any atom is -0.423 e. The Morgan fingerprint density at radius 1 is 0.396 bits per heavy atom. The van der Waals surface area contributed by atoms with Gasteiger partial charge in [-0.1, -0.05) is 80.9 Å². The fourth-order valence-electron chi connectivity index (χ4n) is 4.19. The van der Waals surface area contributed by atoms with Crippen LogP contribution in [0.15, 0.2) is 134 Å². The smallest absolute Gasteiger partial charge is 0.338 e. The number of carbonyl (C=O) groups is 4. The molecule has 242 valence electrons. The highest BCUT2D eigenvalue weighted by molar-refractivity contribution is 5.92. The van der Waals surface area contributed by atoms with Crippen molar-refractivity contribution in [2.24, 2.45) is 0 Å². The van der Waals surface area contributed by atoms with Gasteiger partial charge in [0, 0.05) is 33.9 Å². The molecule has 0 aliphatic rings. The maximum Gasteiger partial charge on any atom is 0.338 e. The summed E-state index contributed by atoms with van der Waals surface area (Å²) in [6.45, 7) is 20.6. The molecule has 0 saturated heterocycles. The van der Waals surface area contributed by atoms with E-state index in [1.54, 1.807) is 37.3 Å². The van der Waals surface area contributed by atoms with Gasteiger partial charge in [0.05, 0.1) is 0 Å². The zero-order valence-electron chi connectivity index (χ0n) is 27.2. The van der Waals surface area contributed by atoms with Crippen molar-refractivity contribution >= 4 is 23.9 Å². The fraction of sp³-hybridized carbons (Fsp3) is 0.100. The zero-order valence-corrected chi connectivity index (χ0v) is 27.2. The lowest BCUT2D eigenvalue weighted by Gasteiger charge is -2.14. The molecule has 0 amide bonds.